The van der Waals surface area contributed by atoms with E-state index in [1.54, 1.807) is 0 Å². The molecule has 0 amide bonds. The Morgan fingerprint density at radius 3 is 2.44 bits per heavy atom. The Labute approximate surface area is 96.6 Å². The van der Waals surface area contributed by atoms with Crippen molar-refractivity contribution in [3.8, 4) is 0 Å². The molecule has 0 bridgehead atoms. The van der Waals surface area contributed by atoms with Crippen LogP contribution in [0.4, 0.5) is 0 Å². The molecule has 1 rings (SSSR count). The Morgan fingerprint density at radius 2 is 2.06 bits per heavy atom. The minimum Gasteiger partial charge on any atom is -0.469 e. The number of carbonyl (C=O) groups excluding carboxylic acids is 1. The van der Waals surface area contributed by atoms with Crippen LogP contribution in [0, 0.1) is 10.8 Å². The quantitative estimate of drug-likeness (QED) is 0.712. The van der Waals surface area contributed by atoms with Crippen LogP contribution in [-0.4, -0.2) is 35.5 Å². The van der Waals surface area contributed by atoms with Crippen LogP contribution in [0.5, 0.6) is 0 Å². The summed E-state index contributed by atoms with van der Waals surface area (Å²) in [5.41, 5.74) is -0.608. The van der Waals surface area contributed by atoms with E-state index >= 15 is 0 Å². The van der Waals surface area contributed by atoms with E-state index in [1.807, 2.05) is 6.92 Å². The molecule has 1 saturated carbocycles. The molecule has 1 aliphatic rings. The second-order valence-corrected chi connectivity index (χ2v) is 5.86. The maximum Gasteiger partial charge on any atom is 0.308 e. The summed E-state index contributed by atoms with van der Waals surface area (Å²) in [4.78, 5) is 11.1. The smallest absolute Gasteiger partial charge is 0.308 e. The summed E-state index contributed by atoms with van der Waals surface area (Å²) in [5, 5.41) is 20.1. The van der Waals surface area contributed by atoms with E-state index < -0.39 is 23.6 Å². The van der Waals surface area contributed by atoms with E-state index in [-0.39, 0.29) is 11.8 Å². The van der Waals surface area contributed by atoms with Crippen LogP contribution in [0.2, 0.25) is 0 Å². The summed E-state index contributed by atoms with van der Waals surface area (Å²) >= 11 is 0. The summed E-state index contributed by atoms with van der Waals surface area (Å²) in [5.74, 6) is -0.439. The molecule has 0 radical (unpaired) electrons. The zero-order chi connectivity index (χ0) is 12.6. The van der Waals surface area contributed by atoms with Gasteiger partial charge in [0, 0.05) is 5.41 Å². The van der Waals surface area contributed by atoms with E-state index in [0.29, 0.717) is 12.8 Å². The topological polar surface area (TPSA) is 66.8 Å². The minimum absolute atomic E-state index is 0.00522. The summed E-state index contributed by atoms with van der Waals surface area (Å²) in [6.45, 7) is 5.96. The number of esters is 1. The highest BCUT2D eigenvalue weighted by molar-refractivity contribution is 5.69. The molecule has 0 aromatic carbocycles. The maximum atomic E-state index is 11.1. The second-order valence-electron chi connectivity index (χ2n) is 5.86. The van der Waals surface area contributed by atoms with Crippen molar-refractivity contribution in [1.29, 1.82) is 0 Å². The van der Waals surface area contributed by atoms with Gasteiger partial charge >= 0.3 is 5.97 Å². The molecule has 0 spiro atoms. The number of methoxy groups -OCH3 is 1. The van der Waals surface area contributed by atoms with E-state index in [4.69, 9.17) is 0 Å². The van der Waals surface area contributed by atoms with Gasteiger partial charge in [-0.15, -0.1) is 0 Å². The predicted octanol–water partition coefficient (Wildman–Crippen LogP) is 1.10. The van der Waals surface area contributed by atoms with Crippen molar-refractivity contribution >= 4 is 5.97 Å². The third kappa shape index (κ3) is 2.55. The molecule has 4 nitrogen and oxygen atoms in total. The van der Waals surface area contributed by atoms with Crippen molar-refractivity contribution in [3.05, 3.63) is 0 Å². The van der Waals surface area contributed by atoms with Gasteiger partial charge in [0.2, 0.25) is 0 Å². The Balaban J connectivity index is 2.74. The first kappa shape index (κ1) is 13.5. The van der Waals surface area contributed by atoms with Crippen LogP contribution in [0.15, 0.2) is 0 Å². The molecule has 0 saturated heterocycles. The zero-order valence-electron chi connectivity index (χ0n) is 10.5. The second kappa shape index (κ2) is 4.34. The lowest BCUT2D eigenvalue weighted by Crippen LogP contribution is -2.40. The van der Waals surface area contributed by atoms with E-state index in [9.17, 15) is 15.0 Å². The van der Waals surface area contributed by atoms with Crippen molar-refractivity contribution < 1.29 is 19.7 Å². The van der Waals surface area contributed by atoms with Crippen LogP contribution in [-0.2, 0) is 9.53 Å². The Kier molecular flexibility index (Phi) is 3.65. The molecular formula is C12H22O4. The fourth-order valence-corrected chi connectivity index (χ4v) is 2.79. The van der Waals surface area contributed by atoms with Crippen molar-refractivity contribution in [2.75, 3.05) is 7.11 Å². The first-order chi connectivity index (χ1) is 7.21. The molecule has 3 atom stereocenters. The van der Waals surface area contributed by atoms with Gasteiger partial charge in [0.25, 0.3) is 0 Å². The largest absolute Gasteiger partial charge is 0.469 e. The lowest BCUT2D eigenvalue weighted by Gasteiger charge is -2.33. The summed E-state index contributed by atoms with van der Waals surface area (Å²) < 4.78 is 4.53. The highest BCUT2D eigenvalue weighted by atomic mass is 16.5. The molecule has 2 N–H and O–H groups in total. The van der Waals surface area contributed by atoms with Crippen LogP contribution in [0.25, 0.3) is 0 Å². The SMILES string of the molecule is COC(=O)C[C@@H](O)[C@@]1(C)CC(C)(C)C[C@@H]1O. The molecule has 0 aromatic heterocycles. The van der Waals surface area contributed by atoms with Gasteiger partial charge in [0.15, 0.2) is 0 Å². The van der Waals surface area contributed by atoms with Gasteiger partial charge in [-0.3, -0.25) is 4.79 Å². The van der Waals surface area contributed by atoms with Gasteiger partial charge in [-0.05, 0) is 18.3 Å². The first-order valence-electron chi connectivity index (χ1n) is 5.64. The maximum absolute atomic E-state index is 11.1. The minimum atomic E-state index is -0.850. The molecule has 0 aromatic rings. The fourth-order valence-electron chi connectivity index (χ4n) is 2.79. The van der Waals surface area contributed by atoms with Crippen LogP contribution >= 0.6 is 0 Å². The average Bonchev–Trinajstić information content (AvgIpc) is 2.36. The predicted molar refractivity (Wildman–Crippen MR) is 59.8 cm³/mol. The third-order valence-electron chi connectivity index (χ3n) is 3.72. The number of carbonyl (C=O) groups is 1. The standard InChI is InChI=1S/C12H22O4/c1-11(2)6-9(14)12(3,7-11)8(13)5-10(15)16-4/h8-9,13-14H,5-7H2,1-4H3/t8-,9+,12-/m1/s1. The summed E-state index contributed by atoms with van der Waals surface area (Å²) in [6, 6.07) is 0. The number of aliphatic hydroxyl groups is 2. The molecule has 1 fully saturated rings. The van der Waals surface area contributed by atoms with Gasteiger partial charge in [0.1, 0.15) is 0 Å². The third-order valence-corrected chi connectivity index (χ3v) is 3.72. The van der Waals surface area contributed by atoms with Gasteiger partial charge in [0.05, 0.1) is 25.7 Å². The van der Waals surface area contributed by atoms with Crippen molar-refractivity contribution in [2.24, 2.45) is 10.8 Å². The lowest BCUT2D eigenvalue weighted by molar-refractivity contribution is -0.146. The molecule has 94 valence electrons. The number of rotatable bonds is 3. The number of hydrogen-bond donors (Lipinski definition) is 2. The van der Waals surface area contributed by atoms with Crippen LogP contribution in [0.3, 0.4) is 0 Å². The van der Waals surface area contributed by atoms with Gasteiger partial charge in [-0.1, -0.05) is 20.8 Å². The molecule has 0 aliphatic heterocycles. The van der Waals surface area contributed by atoms with Gasteiger partial charge in [-0.2, -0.15) is 0 Å². The zero-order valence-corrected chi connectivity index (χ0v) is 10.5. The molecule has 1 aliphatic carbocycles. The van der Waals surface area contributed by atoms with E-state index in [1.165, 1.54) is 7.11 Å². The Morgan fingerprint density at radius 1 is 1.50 bits per heavy atom. The molecule has 4 heteroatoms. The summed E-state index contributed by atoms with van der Waals surface area (Å²) in [6.07, 6.45) is -0.111. The van der Waals surface area contributed by atoms with Crippen molar-refractivity contribution in [3.63, 3.8) is 0 Å². The summed E-state index contributed by atoms with van der Waals surface area (Å²) in [7, 11) is 1.30. The number of ether oxygens (including phenoxy) is 1. The highest BCUT2D eigenvalue weighted by Gasteiger charge is 2.51. The first-order valence-corrected chi connectivity index (χ1v) is 5.64. The fraction of sp³-hybridized carbons (Fsp3) is 0.917. The lowest BCUT2D eigenvalue weighted by atomic mass is 9.77. The Bertz CT molecular complexity index is 274. The normalized spacial score (nSPS) is 34.8. The van der Waals surface area contributed by atoms with E-state index in [2.05, 4.69) is 18.6 Å². The number of aliphatic hydroxyl groups excluding tert-OH is 2. The van der Waals surface area contributed by atoms with Crippen LogP contribution < -0.4 is 0 Å². The number of hydrogen-bond acceptors (Lipinski definition) is 4. The van der Waals surface area contributed by atoms with Gasteiger partial charge < -0.3 is 14.9 Å². The Hall–Kier alpha value is -0.610. The average molecular weight is 230 g/mol. The van der Waals surface area contributed by atoms with Gasteiger partial charge in [-0.25, -0.2) is 0 Å². The van der Waals surface area contributed by atoms with Crippen molar-refractivity contribution in [1.82, 2.24) is 0 Å². The monoisotopic (exact) mass is 230 g/mol. The van der Waals surface area contributed by atoms with Crippen LogP contribution in [0.1, 0.15) is 40.0 Å². The molecule has 0 unspecified atom stereocenters. The van der Waals surface area contributed by atoms with Crippen molar-refractivity contribution in [2.45, 2.75) is 52.2 Å². The molecule has 16 heavy (non-hydrogen) atoms. The highest BCUT2D eigenvalue weighted by Crippen LogP contribution is 2.51. The molecule has 0 heterocycles. The molecular weight excluding hydrogens is 208 g/mol. The van der Waals surface area contributed by atoms with E-state index in [0.717, 1.165) is 0 Å².